The Balaban J connectivity index is 2.27. The molecule has 4 nitrogen and oxygen atoms in total. The molecule has 1 aromatic rings. The van der Waals surface area contributed by atoms with E-state index in [4.69, 9.17) is 4.74 Å². The smallest absolute Gasteiger partial charge is 0.303 e. The van der Waals surface area contributed by atoms with Crippen LogP contribution in [0.2, 0.25) is 0 Å². The number of rotatable bonds is 3. The molecule has 2 rings (SSSR count). The highest BCUT2D eigenvalue weighted by Gasteiger charge is 2.42. The van der Waals surface area contributed by atoms with Gasteiger partial charge in [-0.25, -0.2) is 0 Å². The molecule has 1 aromatic carbocycles. The van der Waals surface area contributed by atoms with E-state index in [1.54, 1.807) is 0 Å². The van der Waals surface area contributed by atoms with Crippen molar-refractivity contribution in [3.8, 4) is 0 Å². The summed E-state index contributed by atoms with van der Waals surface area (Å²) >= 11 is 0. The molecule has 1 N–H and O–H groups in total. The minimum absolute atomic E-state index is 0.152. The maximum atomic E-state index is 11.3. The molecule has 0 aromatic heterocycles. The average molecular weight is 262 g/mol. The quantitative estimate of drug-likeness (QED) is 0.848. The van der Waals surface area contributed by atoms with Crippen LogP contribution in [0.1, 0.15) is 44.3 Å². The van der Waals surface area contributed by atoms with Crippen molar-refractivity contribution in [1.82, 2.24) is 0 Å². The van der Waals surface area contributed by atoms with E-state index in [9.17, 15) is 14.7 Å². The number of Topliss-reactive ketones (excluding diaryl/α,β-unsaturated/α-hetero) is 1. The van der Waals surface area contributed by atoms with Crippen LogP contribution in [0.3, 0.4) is 0 Å². The normalized spacial score (nSPS) is 19.8. The minimum Gasteiger partial charge on any atom is -0.455 e. The van der Waals surface area contributed by atoms with Gasteiger partial charge in [-0.05, 0) is 18.4 Å². The van der Waals surface area contributed by atoms with Crippen molar-refractivity contribution in [2.75, 3.05) is 0 Å². The summed E-state index contributed by atoms with van der Waals surface area (Å²) in [5.74, 6) is -0.279. The Morgan fingerprint density at radius 2 is 1.84 bits per heavy atom. The van der Waals surface area contributed by atoms with E-state index in [2.05, 4.69) is 0 Å². The summed E-state index contributed by atoms with van der Waals surface area (Å²) in [6, 6.07) is 9.18. The Morgan fingerprint density at radius 1 is 1.26 bits per heavy atom. The second-order valence-corrected chi connectivity index (χ2v) is 5.04. The molecule has 0 saturated heterocycles. The number of hydrogen-bond donors (Lipinski definition) is 1. The first-order valence-electron chi connectivity index (χ1n) is 6.47. The van der Waals surface area contributed by atoms with Crippen LogP contribution in [0, 0.1) is 0 Å². The lowest BCUT2D eigenvalue weighted by atomic mass is 9.78. The molecular weight excluding hydrogens is 244 g/mol. The average Bonchev–Trinajstić information content (AvgIpc) is 2.40. The van der Waals surface area contributed by atoms with E-state index in [0.717, 1.165) is 5.56 Å². The molecule has 102 valence electrons. The highest BCUT2D eigenvalue weighted by Crippen LogP contribution is 2.39. The number of aliphatic hydroxyl groups is 1. The Bertz CT molecular complexity index is 456. The fourth-order valence-corrected chi connectivity index (χ4v) is 2.51. The first-order valence-corrected chi connectivity index (χ1v) is 6.47. The molecule has 19 heavy (non-hydrogen) atoms. The number of ether oxygens (including phenoxy) is 1. The van der Waals surface area contributed by atoms with Gasteiger partial charge in [0.1, 0.15) is 11.4 Å². The molecule has 0 spiro atoms. The predicted octanol–water partition coefficient (Wildman–Crippen LogP) is 2.17. The maximum Gasteiger partial charge on any atom is 0.303 e. The summed E-state index contributed by atoms with van der Waals surface area (Å²) in [5.41, 5.74) is -0.393. The largest absolute Gasteiger partial charge is 0.455 e. The van der Waals surface area contributed by atoms with Crippen LogP contribution in [0.25, 0.3) is 0 Å². The molecule has 0 heterocycles. The summed E-state index contributed by atoms with van der Waals surface area (Å²) in [6.45, 7) is 1.33. The summed E-state index contributed by atoms with van der Waals surface area (Å²) in [4.78, 5) is 22.6. The van der Waals surface area contributed by atoms with Crippen molar-refractivity contribution in [3.05, 3.63) is 35.9 Å². The second-order valence-electron chi connectivity index (χ2n) is 5.04. The van der Waals surface area contributed by atoms with Gasteiger partial charge in [-0.15, -0.1) is 0 Å². The van der Waals surface area contributed by atoms with Crippen LogP contribution >= 0.6 is 0 Å². The van der Waals surface area contributed by atoms with E-state index in [-0.39, 0.29) is 5.78 Å². The van der Waals surface area contributed by atoms with E-state index < -0.39 is 17.7 Å². The summed E-state index contributed by atoms with van der Waals surface area (Å²) < 4.78 is 5.31. The third-order valence-electron chi connectivity index (χ3n) is 3.55. The zero-order valence-electron chi connectivity index (χ0n) is 11.0. The number of esters is 1. The van der Waals surface area contributed by atoms with Gasteiger partial charge in [0.05, 0.1) is 0 Å². The molecule has 0 aliphatic heterocycles. The van der Waals surface area contributed by atoms with Gasteiger partial charge in [-0.2, -0.15) is 0 Å². The lowest BCUT2D eigenvalue weighted by Gasteiger charge is -2.38. The van der Waals surface area contributed by atoms with Crippen molar-refractivity contribution in [1.29, 1.82) is 0 Å². The topological polar surface area (TPSA) is 63.6 Å². The monoisotopic (exact) mass is 262 g/mol. The number of benzene rings is 1. The third kappa shape index (κ3) is 3.20. The highest BCUT2D eigenvalue weighted by molar-refractivity contribution is 5.79. The van der Waals surface area contributed by atoms with Crippen LogP contribution < -0.4 is 0 Å². The zero-order valence-corrected chi connectivity index (χ0v) is 11.0. The number of hydrogen-bond acceptors (Lipinski definition) is 4. The van der Waals surface area contributed by atoms with E-state index >= 15 is 0 Å². The first kappa shape index (κ1) is 13.7. The molecule has 1 unspecified atom stereocenters. The lowest BCUT2D eigenvalue weighted by molar-refractivity contribution is -0.169. The highest BCUT2D eigenvalue weighted by atomic mass is 16.6. The lowest BCUT2D eigenvalue weighted by Crippen LogP contribution is -2.42. The maximum absolute atomic E-state index is 11.3. The number of ketones is 1. The fourth-order valence-electron chi connectivity index (χ4n) is 2.51. The van der Waals surface area contributed by atoms with Crippen molar-refractivity contribution >= 4 is 11.8 Å². The molecule has 1 aliphatic rings. The van der Waals surface area contributed by atoms with Crippen molar-refractivity contribution in [2.24, 2.45) is 0 Å². The van der Waals surface area contributed by atoms with Crippen LogP contribution in [0.4, 0.5) is 0 Å². The molecule has 0 bridgehead atoms. The van der Waals surface area contributed by atoms with Gasteiger partial charge in [0.15, 0.2) is 6.10 Å². The van der Waals surface area contributed by atoms with Gasteiger partial charge in [0.25, 0.3) is 0 Å². The van der Waals surface area contributed by atoms with E-state index in [1.807, 2.05) is 30.3 Å². The van der Waals surface area contributed by atoms with Gasteiger partial charge in [-0.3, -0.25) is 9.59 Å². The molecule has 1 aliphatic carbocycles. The molecule has 0 radical (unpaired) electrons. The standard InChI is InChI=1S/C15H18O4/c1-11(16)19-14(12-5-3-2-4-6-12)15(18)9-7-13(17)8-10-15/h2-6,14,18H,7-10H2,1H3. The molecule has 1 saturated carbocycles. The van der Waals surface area contributed by atoms with Gasteiger partial charge in [0, 0.05) is 19.8 Å². The first-order chi connectivity index (χ1) is 9.01. The third-order valence-corrected chi connectivity index (χ3v) is 3.55. The Hall–Kier alpha value is -1.68. The number of carbonyl (C=O) groups is 2. The van der Waals surface area contributed by atoms with Crippen molar-refractivity contribution in [2.45, 2.75) is 44.3 Å². The Morgan fingerprint density at radius 3 is 2.37 bits per heavy atom. The van der Waals surface area contributed by atoms with Crippen molar-refractivity contribution in [3.63, 3.8) is 0 Å². The van der Waals surface area contributed by atoms with Crippen LogP contribution in [0.5, 0.6) is 0 Å². The molecule has 4 heteroatoms. The molecule has 1 atom stereocenters. The predicted molar refractivity (Wildman–Crippen MR) is 69.4 cm³/mol. The summed E-state index contributed by atoms with van der Waals surface area (Å²) in [5, 5.41) is 10.7. The Kier molecular flexibility index (Phi) is 4.00. The van der Waals surface area contributed by atoms with Gasteiger partial charge >= 0.3 is 5.97 Å². The summed E-state index contributed by atoms with van der Waals surface area (Å²) in [6.07, 6.45) is 0.624. The second kappa shape index (κ2) is 5.53. The molecule has 0 amide bonds. The van der Waals surface area contributed by atoms with Crippen LogP contribution in [-0.2, 0) is 14.3 Å². The molecule has 1 fully saturated rings. The molecular formula is C15H18O4. The minimum atomic E-state index is -1.15. The number of carbonyl (C=O) groups excluding carboxylic acids is 2. The Labute approximate surface area is 112 Å². The van der Waals surface area contributed by atoms with Gasteiger partial charge < -0.3 is 9.84 Å². The summed E-state index contributed by atoms with van der Waals surface area (Å²) in [7, 11) is 0. The van der Waals surface area contributed by atoms with Crippen LogP contribution in [0.15, 0.2) is 30.3 Å². The van der Waals surface area contributed by atoms with E-state index in [1.165, 1.54) is 6.92 Å². The van der Waals surface area contributed by atoms with Gasteiger partial charge in [-0.1, -0.05) is 30.3 Å². The fraction of sp³-hybridized carbons (Fsp3) is 0.467. The van der Waals surface area contributed by atoms with Crippen molar-refractivity contribution < 1.29 is 19.4 Å². The van der Waals surface area contributed by atoms with Crippen LogP contribution in [-0.4, -0.2) is 22.5 Å². The zero-order chi connectivity index (χ0) is 13.9. The van der Waals surface area contributed by atoms with Gasteiger partial charge in [0.2, 0.25) is 0 Å². The SMILES string of the molecule is CC(=O)OC(c1ccccc1)C1(O)CCC(=O)CC1. The van der Waals surface area contributed by atoms with E-state index in [0.29, 0.717) is 25.7 Å².